The molecule has 3 rings (SSSR count). The Morgan fingerprint density at radius 2 is 1.88 bits per heavy atom. The molecule has 1 aromatic heterocycles. The number of carbonyl (C=O) groups is 1. The molecule has 5 nitrogen and oxygen atoms in total. The fraction of sp³-hybridized carbons (Fsp3) is 0.538. The van der Waals surface area contributed by atoms with Gasteiger partial charge in [-0.25, -0.2) is 0 Å². The van der Waals surface area contributed by atoms with Crippen molar-refractivity contribution in [1.82, 2.24) is 9.80 Å². The largest absolute Gasteiger partial charge is 0.492 e. The highest BCUT2D eigenvalue weighted by atomic mass is 32.1. The molecule has 1 fully saturated rings. The molecule has 1 saturated heterocycles. The molecule has 1 atom stereocenters. The van der Waals surface area contributed by atoms with Gasteiger partial charge in [0.05, 0.1) is 11.5 Å². The molecule has 0 bridgehead atoms. The average molecular weight is 454 g/mol. The number of rotatable bonds is 11. The van der Waals surface area contributed by atoms with Crippen LogP contribution in [0.25, 0.3) is 0 Å². The molecule has 0 N–H and O–H groups in total. The Morgan fingerprint density at radius 1 is 1.16 bits per heavy atom. The molecule has 1 aliphatic heterocycles. The normalized spacial score (nSPS) is 17.1. The zero-order valence-corrected chi connectivity index (χ0v) is 20.4. The van der Waals surface area contributed by atoms with E-state index in [9.17, 15) is 10.1 Å². The molecule has 1 unspecified atom stereocenters. The van der Waals surface area contributed by atoms with Crippen molar-refractivity contribution in [3.05, 3.63) is 52.2 Å². The number of piperazine rings is 1. The highest BCUT2D eigenvalue weighted by Gasteiger charge is 2.36. The second-order valence-electron chi connectivity index (χ2n) is 8.93. The van der Waals surface area contributed by atoms with Gasteiger partial charge in [0.2, 0.25) is 0 Å². The first kappa shape index (κ1) is 24.4. The van der Waals surface area contributed by atoms with Gasteiger partial charge in [-0.1, -0.05) is 32.0 Å². The molecule has 0 radical (unpaired) electrons. The molecular formula is C26H35N3O2S. The lowest BCUT2D eigenvalue weighted by atomic mass is 9.73. The van der Waals surface area contributed by atoms with Gasteiger partial charge in [-0.15, -0.1) is 11.3 Å². The number of hydrogen-bond acceptors (Lipinski definition) is 6. The van der Waals surface area contributed by atoms with E-state index < -0.39 is 0 Å². The first-order chi connectivity index (χ1) is 15.4. The monoisotopic (exact) mass is 453 g/mol. The van der Waals surface area contributed by atoms with E-state index in [0.29, 0.717) is 18.1 Å². The molecule has 0 spiro atoms. The minimum Gasteiger partial charge on any atom is -0.492 e. The Balaban J connectivity index is 1.38. The van der Waals surface area contributed by atoms with Crippen molar-refractivity contribution in [2.75, 3.05) is 45.9 Å². The minimum absolute atomic E-state index is 0.0577. The molecule has 172 valence electrons. The van der Waals surface area contributed by atoms with Crippen LogP contribution in [-0.4, -0.2) is 61.5 Å². The summed E-state index contributed by atoms with van der Waals surface area (Å²) >= 11 is 1.71. The zero-order valence-electron chi connectivity index (χ0n) is 19.5. The maximum absolute atomic E-state index is 11.5. The third kappa shape index (κ3) is 6.19. The van der Waals surface area contributed by atoms with Crippen molar-refractivity contribution < 1.29 is 9.53 Å². The number of Topliss-reactive ketones (excluding diaryl/α,β-unsaturated/α-hetero) is 1. The van der Waals surface area contributed by atoms with Crippen molar-refractivity contribution in [2.24, 2.45) is 5.92 Å². The molecule has 2 aromatic rings. The molecule has 0 amide bonds. The highest BCUT2D eigenvalue weighted by molar-refractivity contribution is 7.10. The predicted molar refractivity (Wildman–Crippen MR) is 131 cm³/mol. The summed E-state index contributed by atoms with van der Waals surface area (Å²) in [5.74, 6) is 1.12. The fourth-order valence-corrected chi connectivity index (χ4v) is 5.44. The van der Waals surface area contributed by atoms with E-state index in [4.69, 9.17) is 4.74 Å². The first-order valence-electron chi connectivity index (χ1n) is 11.6. The summed E-state index contributed by atoms with van der Waals surface area (Å²) in [5.41, 5.74) is 0.320. The smallest absolute Gasteiger partial charge is 0.159 e. The Hall–Kier alpha value is -2.20. The van der Waals surface area contributed by atoms with Crippen molar-refractivity contribution in [1.29, 1.82) is 5.26 Å². The zero-order chi connectivity index (χ0) is 23.0. The Morgan fingerprint density at radius 3 is 2.47 bits per heavy atom. The van der Waals surface area contributed by atoms with Gasteiger partial charge >= 0.3 is 0 Å². The van der Waals surface area contributed by atoms with Gasteiger partial charge in [-0.2, -0.15) is 5.26 Å². The van der Waals surface area contributed by atoms with Crippen LogP contribution in [0.4, 0.5) is 0 Å². The quantitative estimate of drug-likeness (QED) is 0.456. The van der Waals surface area contributed by atoms with E-state index >= 15 is 0 Å². The third-order valence-electron chi connectivity index (χ3n) is 6.57. The first-order valence-corrected chi connectivity index (χ1v) is 12.5. The van der Waals surface area contributed by atoms with Crippen LogP contribution in [-0.2, 0) is 5.41 Å². The fourth-order valence-electron chi connectivity index (χ4n) is 4.38. The maximum atomic E-state index is 11.5. The number of carbonyl (C=O) groups excluding carboxylic acids is 1. The van der Waals surface area contributed by atoms with Crippen molar-refractivity contribution in [3.63, 3.8) is 0 Å². The molecule has 0 saturated carbocycles. The summed E-state index contributed by atoms with van der Waals surface area (Å²) in [6.07, 6.45) is 1.95. The van der Waals surface area contributed by atoms with Crippen LogP contribution in [0.3, 0.4) is 0 Å². The number of ketones is 1. The summed E-state index contributed by atoms with van der Waals surface area (Å²) in [6.45, 7) is 12.7. The number of benzene rings is 1. The van der Waals surface area contributed by atoms with Crippen LogP contribution in [0.15, 0.2) is 41.8 Å². The molecule has 2 heterocycles. The molecule has 1 aliphatic rings. The number of nitrogens with zero attached hydrogens (tertiary/aromatic N) is 3. The molecular weight excluding hydrogens is 418 g/mol. The van der Waals surface area contributed by atoms with E-state index in [0.717, 1.165) is 57.9 Å². The van der Waals surface area contributed by atoms with Gasteiger partial charge < -0.3 is 9.64 Å². The number of nitriles is 1. The lowest BCUT2D eigenvalue weighted by Gasteiger charge is -2.35. The average Bonchev–Trinajstić information content (AvgIpc) is 3.33. The Bertz CT molecular complexity index is 898. The standard InChI is InChI=1S/C26H35N3O2S/c1-21(2)26(20-27,25-9-5-18-32-25)10-6-11-28-12-14-29(15-13-28)16-17-31-24-8-4-7-23(19-24)22(3)30/h4-5,7-9,18-19,21H,6,10-17H2,1-3H3. The van der Waals surface area contributed by atoms with Crippen LogP contribution >= 0.6 is 11.3 Å². The van der Waals surface area contributed by atoms with Crippen molar-refractivity contribution >= 4 is 17.1 Å². The third-order valence-corrected chi connectivity index (χ3v) is 7.62. The second kappa shape index (κ2) is 11.6. The minimum atomic E-state index is -0.368. The number of thiophene rings is 1. The summed E-state index contributed by atoms with van der Waals surface area (Å²) in [4.78, 5) is 17.7. The Labute approximate surface area is 196 Å². The van der Waals surface area contributed by atoms with E-state index in [1.54, 1.807) is 18.3 Å². The Kier molecular flexibility index (Phi) is 8.86. The van der Waals surface area contributed by atoms with Gasteiger partial charge in [0, 0.05) is 43.2 Å². The van der Waals surface area contributed by atoms with Crippen molar-refractivity contribution in [2.45, 2.75) is 39.0 Å². The number of ether oxygens (including phenoxy) is 1. The summed E-state index contributed by atoms with van der Waals surface area (Å²) < 4.78 is 5.86. The van der Waals surface area contributed by atoms with Gasteiger partial charge in [0.25, 0.3) is 0 Å². The van der Waals surface area contributed by atoms with Crippen LogP contribution in [0, 0.1) is 17.2 Å². The summed E-state index contributed by atoms with van der Waals surface area (Å²) in [6, 6.07) is 14.2. The lowest BCUT2D eigenvalue weighted by Crippen LogP contribution is -2.47. The maximum Gasteiger partial charge on any atom is 0.159 e. The lowest BCUT2D eigenvalue weighted by molar-refractivity contribution is 0.101. The van der Waals surface area contributed by atoms with Crippen LogP contribution in [0.2, 0.25) is 0 Å². The van der Waals surface area contributed by atoms with E-state index in [-0.39, 0.29) is 11.2 Å². The molecule has 32 heavy (non-hydrogen) atoms. The topological polar surface area (TPSA) is 56.6 Å². The molecule has 6 heteroatoms. The summed E-state index contributed by atoms with van der Waals surface area (Å²) in [5, 5.41) is 12.1. The van der Waals surface area contributed by atoms with Crippen LogP contribution < -0.4 is 4.74 Å². The van der Waals surface area contributed by atoms with E-state index in [1.807, 2.05) is 24.3 Å². The van der Waals surface area contributed by atoms with Gasteiger partial charge in [-0.05, 0) is 55.8 Å². The van der Waals surface area contributed by atoms with Gasteiger partial charge in [0.15, 0.2) is 5.78 Å². The van der Waals surface area contributed by atoms with Crippen LogP contribution in [0.1, 0.15) is 48.8 Å². The van der Waals surface area contributed by atoms with Crippen LogP contribution in [0.5, 0.6) is 5.75 Å². The molecule has 1 aromatic carbocycles. The van der Waals surface area contributed by atoms with Gasteiger partial charge in [0.1, 0.15) is 12.4 Å². The van der Waals surface area contributed by atoms with Crippen molar-refractivity contribution in [3.8, 4) is 11.8 Å². The van der Waals surface area contributed by atoms with E-state index in [2.05, 4.69) is 47.2 Å². The predicted octanol–water partition coefficient (Wildman–Crippen LogP) is 4.84. The van der Waals surface area contributed by atoms with E-state index in [1.165, 1.54) is 4.88 Å². The van der Waals surface area contributed by atoms with Gasteiger partial charge in [-0.3, -0.25) is 9.69 Å². The second-order valence-corrected chi connectivity index (χ2v) is 9.88. The SMILES string of the molecule is CC(=O)c1cccc(OCCN2CCN(CCCC(C#N)(c3cccs3)C(C)C)CC2)c1. The summed E-state index contributed by atoms with van der Waals surface area (Å²) in [7, 11) is 0. The highest BCUT2D eigenvalue weighted by Crippen LogP contribution is 2.39. The number of hydrogen-bond donors (Lipinski definition) is 0. The molecule has 0 aliphatic carbocycles.